The molecule has 0 aliphatic carbocycles. The van der Waals surface area contributed by atoms with Gasteiger partial charge in [-0.1, -0.05) is 157 Å². The summed E-state index contributed by atoms with van der Waals surface area (Å²) < 4.78 is 0. The van der Waals surface area contributed by atoms with E-state index in [1.165, 1.54) is 54.4 Å². The van der Waals surface area contributed by atoms with Gasteiger partial charge in [0.1, 0.15) is 11.2 Å². The van der Waals surface area contributed by atoms with Gasteiger partial charge in [-0.05, 0) is 62.2 Å². The van der Waals surface area contributed by atoms with E-state index in [4.69, 9.17) is 4.99 Å². The van der Waals surface area contributed by atoms with E-state index in [9.17, 15) is 0 Å². The number of rotatable bonds is 5. The van der Waals surface area contributed by atoms with Gasteiger partial charge in [0.15, 0.2) is 0 Å². The van der Waals surface area contributed by atoms with E-state index in [1.54, 1.807) is 0 Å². The van der Waals surface area contributed by atoms with Crippen LogP contribution in [0.2, 0.25) is 0 Å². The Bertz CT molecular complexity index is 2310. The van der Waals surface area contributed by atoms with Gasteiger partial charge in [-0.25, -0.2) is 4.99 Å². The van der Waals surface area contributed by atoms with Gasteiger partial charge in [-0.3, -0.25) is 0 Å². The highest BCUT2D eigenvalue weighted by atomic mass is 32.2. The molecule has 2 heterocycles. The molecule has 2 aliphatic heterocycles. The van der Waals surface area contributed by atoms with E-state index in [0.29, 0.717) is 0 Å². The van der Waals surface area contributed by atoms with Crippen LogP contribution in [0.4, 0.5) is 5.69 Å². The molecule has 0 spiro atoms. The van der Waals surface area contributed by atoms with Crippen molar-refractivity contribution in [1.29, 1.82) is 0 Å². The maximum atomic E-state index is 5.08. The number of anilines is 1. The monoisotopic (exact) mass is 621 g/mol. The van der Waals surface area contributed by atoms with Crippen molar-refractivity contribution in [2.45, 2.75) is 16.3 Å². The zero-order valence-corrected chi connectivity index (χ0v) is 26.4. The van der Waals surface area contributed by atoms with Crippen molar-refractivity contribution in [1.82, 2.24) is 5.32 Å². The van der Waals surface area contributed by atoms with Gasteiger partial charge >= 0.3 is 0 Å². The summed E-state index contributed by atoms with van der Waals surface area (Å²) in [7, 11) is 0. The Labute approximate surface area is 278 Å². The molecule has 9 rings (SSSR count). The largest absolute Gasteiger partial charge is 0.368 e. The zero-order valence-electron chi connectivity index (χ0n) is 25.6. The third-order valence-electron chi connectivity index (χ3n) is 9.15. The number of hydrogen-bond donors (Lipinski definition) is 2. The molecular weight excluding hydrogens is 591 g/mol. The smallest absolute Gasteiger partial charge is 0.134 e. The summed E-state index contributed by atoms with van der Waals surface area (Å²) in [4.78, 5) is 6.39. The van der Waals surface area contributed by atoms with Crippen LogP contribution in [0.25, 0.3) is 38.4 Å². The number of nitrogens with one attached hydrogen (secondary N) is 2. The minimum Gasteiger partial charge on any atom is -0.368 e. The van der Waals surface area contributed by atoms with Crippen LogP contribution in [-0.2, 0) is 0 Å². The first-order valence-electron chi connectivity index (χ1n) is 16.0. The molecule has 47 heavy (non-hydrogen) atoms. The number of benzene rings is 7. The summed E-state index contributed by atoms with van der Waals surface area (Å²) >= 11 is 1.89. The molecule has 0 saturated heterocycles. The van der Waals surface area contributed by atoms with Gasteiger partial charge in [-0.2, -0.15) is 0 Å². The van der Waals surface area contributed by atoms with Gasteiger partial charge in [0.25, 0.3) is 0 Å². The predicted molar refractivity (Wildman–Crippen MR) is 199 cm³/mol. The summed E-state index contributed by atoms with van der Waals surface area (Å²) in [6, 6.07) is 56.4. The molecule has 2 N–H and O–H groups in total. The van der Waals surface area contributed by atoms with Crippen LogP contribution in [0.5, 0.6) is 0 Å². The number of aliphatic imine (C=N–C) groups is 1. The lowest BCUT2D eigenvalue weighted by Gasteiger charge is -2.24. The molecular formula is C43H31N3S. The lowest BCUT2D eigenvalue weighted by Crippen LogP contribution is -2.31. The van der Waals surface area contributed by atoms with Gasteiger partial charge in [-0.15, -0.1) is 0 Å². The van der Waals surface area contributed by atoms with E-state index in [2.05, 4.69) is 168 Å². The Kier molecular flexibility index (Phi) is 6.87. The second-order valence-electron chi connectivity index (χ2n) is 12.1. The van der Waals surface area contributed by atoms with Gasteiger partial charge in [0, 0.05) is 15.8 Å². The van der Waals surface area contributed by atoms with Crippen molar-refractivity contribution in [3.63, 3.8) is 0 Å². The molecule has 0 saturated carbocycles. The second kappa shape index (κ2) is 11.7. The molecule has 0 radical (unpaired) electrons. The molecule has 7 aromatic carbocycles. The van der Waals surface area contributed by atoms with Crippen LogP contribution < -0.4 is 10.6 Å². The first-order valence-corrected chi connectivity index (χ1v) is 16.9. The minimum absolute atomic E-state index is 0.0335. The lowest BCUT2D eigenvalue weighted by molar-refractivity contribution is 0.781. The molecule has 224 valence electrons. The van der Waals surface area contributed by atoms with Gasteiger partial charge in [0.2, 0.25) is 0 Å². The van der Waals surface area contributed by atoms with Crippen LogP contribution in [0.15, 0.2) is 174 Å². The molecule has 2 unspecified atom stereocenters. The maximum absolute atomic E-state index is 5.08. The van der Waals surface area contributed by atoms with Crippen molar-refractivity contribution >= 4 is 50.5 Å². The van der Waals surface area contributed by atoms with E-state index in [-0.39, 0.29) is 11.4 Å². The summed E-state index contributed by atoms with van der Waals surface area (Å²) in [5.74, 6) is 0.879. The van der Waals surface area contributed by atoms with E-state index < -0.39 is 0 Å². The highest BCUT2D eigenvalue weighted by molar-refractivity contribution is 8.00. The maximum Gasteiger partial charge on any atom is 0.134 e. The highest BCUT2D eigenvalue weighted by Crippen LogP contribution is 2.50. The first-order chi connectivity index (χ1) is 23.3. The topological polar surface area (TPSA) is 36.4 Å². The summed E-state index contributed by atoms with van der Waals surface area (Å²) in [6.07, 6.45) is 2.22. The second-order valence-corrected chi connectivity index (χ2v) is 13.2. The molecule has 4 heteroatoms. The van der Waals surface area contributed by atoms with Crippen LogP contribution >= 0.6 is 11.8 Å². The number of fused-ring (bicyclic) bond motifs is 5. The summed E-state index contributed by atoms with van der Waals surface area (Å²) in [5, 5.41) is 12.8. The SMILES string of the molecule is C1=C(c2ccccc2)N=C(c2ccc(-c3ccc4c(ccc5ccc6c(c54)NC(c4ccccc4)S6)c3)cc2)NC1c1ccccc1. The Hall–Kier alpha value is -5.58. The first kappa shape index (κ1) is 27.7. The zero-order chi connectivity index (χ0) is 31.2. The average Bonchev–Trinajstić information content (AvgIpc) is 3.60. The van der Waals surface area contributed by atoms with Crippen LogP contribution in [0.3, 0.4) is 0 Å². The van der Waals surface area contributed by atoms with Crippen molar-refractivity contribution in [3.05, 3.63) is 186 Å². The normalized spacial score (nSPS) is 17.0. The third-order valence-corrected chi connectivity index (χ3v) is 10.4. The Morgan fingerprint density at radius 1 is 0.511 bits per heavy atom. The van der Waals surface area contributed by atoms with Crippen molar-refractivity contribution in [2.24, 2.45) is 4.99 Å². The van der Waals surface area contributed by atoms with Crippen LogP contribution in [0, 0.1) is 0 Å². The quantitative estimate of drug-likeness (QED) is 0.188. The molecule has 0 aromatic heterocycles. The van der Waals surface area contributed by atoms with Crippen molar-refractivity contribution < 1.29 is 0 Å². The lowest BCUT2D eigenvalue weighted by atomic mass is 9.95. The van der Waals surface area contributed by atoms with Gasteiger partial charge in [0.05, 0.1) is 17.4 Å². The molecule has 7 aromatic rings. The molecule has 0 amide bonds. The van der Waals surface area contributed by atoms with Crippen molar-refractivity contribution in [3.8, 4) is 11.1 Å². The summed E-state index contributed by atoms with van der Waals surface area (Å²) in [6.45, 7) is 0. The summed E-state index contributed by atoms with van der Waals surface area (Å²) in [5.41, 5.74) is 9.29. The van der Waals surface area contributed by atoms with Crippen LogP contribution in [-0.4, -0.2) is 5.84 Å². The molecule has 2 aliphatic rings. The number of amidine groups is 1. The molecule has 2 atom stereocenters. The Balaban J connectivity index is 1.04. The highest BCUT2D eigenvalue weighted by Gasteiger charge is 2.25. The van der Waals surface area contributed by atoms with E-state index >= 15 is 0 Å². The van der Waals surface area contributed by atoms with E-state index in [0.717, 1.165) is 22.7 Å². The Morgan fingerprint density at radius 2 is 1.15 bits per heavy atom. The fourth-order valence-electron chi connectivity index (χ4n) is 6.74. The standard InChI is InChI=1S/C43H31N3S/c1-4-10-29(11-5-1)37-27-38(30-12-6-2-7-13-30)45-42(44-37)32-19-16-28(17-20-32)34-22-24-36-35(26-34)21-18-31-23-25-39-41(40(31)36)46-43(47-39)33-14-8-3-9-15-33/h1-27,37,43,46H,(H,44,45). The molecule has 0 bridgehead atoms. The van der Waals surface area contributed by atoms with Gasteiger partial charge < -0.3 is 10.6 Å². The number of hydrogen-bond acceptors (Lipinski definition) is 4. The van der Waals surface area contributed by atoms with E-state index in [1.807, 2.05) is 17.8 Å². The van der Waals surface area contributed by atoms with Crippen molar-refractivity contribution in [2.75, 3.05) is 5.32 Å². The predicted octanol–water partition coefficient (Wildman–Crippen LogP) is 11.0. The fraction of sp³-hybridized carbons (Fsp3) is 0.0465. The third kappa shape index (κ3) is 5.17. The number of thioether (sulfide) groups is 1. The average molecular weight is 622 g/mol. The fourth-order valence-corrected chi connectivity index (χ4v) is 7.89. The van der Waals surface area contributed by atoms with Crippen LogP contribution in [0.1, 0.15) is 33.7 Å². The number of nitrogens with zero attached hydrogens (tertiary/aromatic N) is 1. The Morgan fingerprint density at radius 3 is 1.91 bits per heavy atom. The molecule has 3 nitrogen and oxygen atoms in total. The molecule has 0 fully saturated rings. The minimum atomic E-state index is 0.0335.